The largest absolute Gasteiger partial charge is 0.297 e. The van der Waals surface area contributed by atoms with E-state index in [4.69, 9.17) is 0 Å². The third-order valence-electron chi connectivity index (χ3n) is 2.19. The zero-order chi connectivity index (χ0) is 13.0. The van der Waals surface area contributed by atoms with E-state index in [1.807, 2.05) is 6.07 Å². The molecule has 0 N–H and O–H groups in total. The lowest BCUT2D eigenvalue weighted by Gasteiger charge is -1.96. The van der Waals surface area contributed by atoms with Crippen LogP contribution >= 0.6 is 23.5 Å². The maximum atomic E-state index is 11.9. The van der Waals surface area contributed by atoms with Crippen LogP contribution in [0.2, 0.25) is 0 Å². The van der Waals surface area contributed by atoms with Crippen LogP contribution in [0.25, 0.3) is 0 Å². The Kier molecular flexibility index (Phi) is 4.17. The third-order valence-corrected chi connectivity index (χ3v) is 4.52. The number of thioether (sulfide) groups is 2. The lowest BCUT2D eigenvalue weighted by molar-refractivity contribution is -0.106. The number of hydrogen-bond donors (Lipinski definition) is 0. The quantitative estimate of drug-likeness (QED) is 0.481. The number of hydrogen-bond acceptors (Lipinski definition) is 5. The van der Waals surface area contributed by atoms with Crippen LogP contribution in [0.5, 0.6) is 0 Å². The van der Waals surface area contributed by atoms with Crippen molar-refractivity contribution in [1.29, 1.82) is 0 Å². The van der Waals surface area contributed by atoms with E-state index in [0.717, 1.165) is 23.5 Å². The molecular formula is C13H8O3S2. The first-order valence-electron chi connectivity index (χ1n) is 5.06. The van der Waals surface area contributed by atoms with Crippen LogP contribution in [0.4, 0.5) is 0 Å². The molecule has 1 aromatic rings. The Morgan fingerprint density at radius 3 is 2.00 bits per heavy atom. The summed E-state index contributed by atoms with van der Waals surface area (Å²) in [7, 11) is 0. The van der Waals surface area contributed by atoms with Gasteiger partial charge in [0.2, 0.25) is 0 Å². The smallest absolute Gasteiger partial charge is 0.187 e. The van der Waals surface area contributed by atoms with Gasteiger partial charge in [-0.15, -0.1) is 0 Å². The van der Waals surface area contributed by atoms with Crippen LogP contribution in [-0.4, -0.2) is 18.4 Å². The van der Waals surface area contributed by atoms with Gasteiger partial charge in [0.1, 0.15) is 0 Å². The summed E-state index contributed by atoms with van der Waals surface area (Å²) in [5.41, 5.74) is 0.582. The Morgan fingerprint density at radius 2 is 1.50 bits per heavy atom. The minimum atomic E-state index is -0.136. The molecular weight excluding hydrogens is 268 g/mol. The van der Waals surface area contributed by atoms with Crippen molar-refractivity contribution < 1.29 is 14.4 Å². The van der Waals surface area contributed by atoms with Crippen molar-refractivity contribution in [2.75, 3.05) is 0 Å². The molecule has 18 heavy (non-hydrogen) atoms. The van der Waals surface area contributed by atoms with Gasteiger partial charge < -0.3 is 0 Å². The monoisotopic (exact) mass is 276 g/mol. The minimum absolute atomic E-state index is 0.136. The van der Waals surface area contributed by atoms with Crippen molar-refractivity contribution in [2.24, 2.45) is 0 Å². The fraction of sp³-hybridized carbons (Fsp3) is 0. The second-order valence-corrected chi connectivity index (χ2v) is 5.79. The van der Waals surface area contributed by atoms with E-state index >= 15 is 0 Å². The molecule has 1 heterocycles. The number of rotatable bonds is 4. The van der Waals surface area contributed by atoms with E-state index in [0.29, 0.717) is 32.2 Å². The molecule has 0 fully saturated rings. The molecule has 5 heteroatoms. The molecule has 0 aromatic heterocycles. The maximum absolute atomic E-state index is 11.9. The second kappa shape index (κ2) is 5.84. The third kappa shape index (κ3) is 2.80. The average molecular weight is 276 g/mol. The standard InChI is InChI=1S/C13H8O3S2/c14-7-11-12(8-15)18-13(17-11)6-10(16)9-4-2-1-3-5-9/h1-8H. The van der Waals surface area contributed by atoms with Gasteiger partial charge in [0.15, 0.2) is 18.4 Å². The van der Waals surface area contributed by atoms with Crippen molar-refractivity contribution in [3.63, 3.8) is 0 Å². The lowest BCUT2D eigenvalue weighted by Crippen LogP contribution is -1.93. The van der Waals surface area contributed by atoms with Crippen LogP contribution in [0.1, 0.15) is 10.4 Å². The number of benzene rings is 1. The fourth-order valence-corrected chi connectivity index (χ4v) is 3.47. The zero-order valence-electron chi connectivity index (χ0n) is 9.16. The number of ketones is 1. The molecule has 2 rings (SSSR count). The van der Waals surface area contributed by atoms with Gasteiger partial charge in [-0.25, -0.2) is 0 Å². The van der Waals surface area contributed by atoms with E-state index in [1.165, 1.54) is 6.08 Å². The van der Waals surface area contributed by atoms with Gasteiger partial charge in [-0.05, 0) is 0 Å². The summed E-state index contributed by atoms with van der Waals surface area (Å²) < 4.78 is 0.646. The molecule has 0 unspecified atom stereocenters. The van der Waals surface area contributed by atoms with Gasteiger partial charge in [-0.2, -0.15) is 0 Å². The van der Waals surface area contributed by atoms with E-state index < -0.39 is 0 Å². The van der Waals surface area contributed by atoms with Crippen molar-refractivity contribution in [3.8, 4) is 0 Å². The van der Waals surface area contributed by atoms with Gasteiger partial charge in [0, 0.05) is 11.6 Å². The van der Waals surface area contributed by atoms with E-state index in [9.17, 15) is 14.4 Å². The Balaban J connectivity index is 2.16. The van der Waals surface area contributed by atoms with Gasteiger partial charge in [-0.1, -0.05) is 53.9 Å². The first-order valence-corrected chi connectivity index (χ1v) is 6.69. The summed E-state index contributed by atoms with van der Waals surface area (Å²) in [6.45, 7) is 0. The van der Waals surface area contributed by atoms with Crippen LogP contribution < -0.4 is 0 Å². The summed E-state index contributed by atoms with van der Waals surface area (Å²) in [5.74, 6) is -0.136. The highest BCUT2D eigenvalue weighted by Crippen LogP contribution is 2.47. The van der Waals surface area contributed by atoms with Crippen molar-refractivity contribution in [3.05, 3.63) is 56.0 Å². The van der Waals surface area contributed by atoms with Gasteiger partial charge >= 0.3 is 0 Å². The molecule has 1 aliphatic heterocycles. The molecule has 90 valence electrons. The molecule has 0 radical (unpaired) electrons. The second-order valence-electron chi connectivity index (χ2n) is 3.36. The molecule has 0 saturated heterocycles. The van der Waals surface area contributed by atoms with Crippen LogP contribution in [0.3, 0.4) is 0 Å². The van der Waals surface area contributed by atoms with Crippen molar-refractivity contribution >= 4 is 41.9 Å². The van der Waals surface area contributed by atoms with E-state index in [-0.39, 0.29) is 5.78 Å². The molecule has 1 aliphatic rings. The van der Waals surface area contributed by atoms with Gasteiger partial charge in [0.05, 0.1) is 14.0 Å². The fourth-order valence-electron chi connectivity index (χ4n) is 1.35. The Morgan fingerprint density at radius 1 is 0.944 bits per heavy atom. The molecule has 0 amide bonds. The molecule has 1 aromatic carbocycles. The van der Waals surface area contributed by atoms with Crippen molar-refractivity contribution in [1.82, 2.24) is 0 Å². The highest BCUT2D eigenvalue weighted by Gasteiger charge is 2.21. The van der Waals surface area contributed by atoms with Gasteiger partial charge in [0.25, 0.3) is 0 Å². The highest BCUT2D eigenvalue weighted by molar-refractivity contribution is 8.29. The normalized spacial score (nSPS) is 14.6. The molecule has 0 saturated carbocycles. The summed E-state index contributed by atoms with van der Waals surface area (Å²) in [5, 5.41) is 0. The zero-order valence-corrected chi connectivity index (χ0v) is 10.8. The molecule has 3 nitrogen and oxygen atoms in total. The molecule has 0 bridgehead atoms. The van der Waals surface area contributed by atoms with Gasteiger partial charge in [-0.3, -0.25) is 14.4 Å². The SMILES string of the molecule is O=CC1=C(C=O)SC(=CC(=O)c2ccccc2)S1. The maximum Gasteiger partial charge on any atom is 0.187 e. The lowest BCUT2D eigenvalue weighted by atomic mass is 10.1. The Hall–Kier alpha value is -1.59. The summed E-state index contributed by atoms with van der Waals surface area (Å²) >= 11 is 2.30. The summed E-state index contributed by atoms with van der Waals surface area (Å²) in [6, 6.07) is 8.84. The first-order chi connectivity index (χ1) is 8.74. The predicted molar refractivity (Wildman–Crippen MR) is 73.2 cm³/mol. The first kappa shape index (κ1) is 12.9. The molecule has 0 aliphatic carbocycles. The van der Waals surface area contributed by atoms with E-state index in [2.05, 4.69) is 0 Å². The number of carbonyl (C=O) groups excluding carboxylic acids is 3. The molecule has 0 spiro atoms. The number of aldehydes is 2. The summed E-state index contributed by atoms with van der Waals surface area (Å²) in [6.07, 6.45) is 2.72. The minimum Gasteiger partial charge on any atom is -0.297 e. The summed E-state index contributed by atoms with van der Waals surface area (Å²) in [4.78, 5) is 34.0. The topological polar surface area (TPSA) is 51.2 Å². The number of carbonyl (C=O) groups is 3. The average Bonchev–Trinajstić information content (AvgIpc) is 2.81. The van der Waals surface area contributed by atoms with Crippen molar-refractivity contribution in [2.45, 2.75) is 0 Å². The van der Waals surface area contributed by atoms with Crippen LogP contribution in [0, 0.1) is 0 Å². The predicted octanol–water partition coefficient (Wildman–Crippen LogP) is 2.80. The molecule has 0 atom stereocenters. The highest BCUT2D eigenvalue weighted by atomic mass is 32.2. The van der Waals surface area contributed by atoms with Crippen LogP contribution in [0.15, 0.2) is 50.5 Å². The van der Waals surface area contributed by atoms with Crippen LogP contribution in [-0.2, 0) is 9.59 Å². The Labute approximate surface area is 112 Å². The Bertz CT molecular complexity index is 537. The number of allylic oxidation sites excluding steroid dienone is 3. The van der Waals surface area contributed by atoms with E-state index in [1.54, 1.807) is 24.3 Å².